The predicted octanol–water partition coefficient (Wildman–Crippen LogP) is 2.24. The van der Waals surface area contributed by atoms with Crippen LogP contribution in [0.2, 0.25) is 0 Å². The second-order valence-electron chi connectivity index (χ2n) is 5.84. The van der Waals surface area contributed by atoms with E-state index in [1.807, 2.05) is 13.8 Å². The highest BCUT2D eigenvalue weighted by Gasteiger charge is 2.17. The number of benzene rings is 1. The maximum Gasteiger partial charge on any atom is 0.242 e. The summed E-state index contributed by atoms with van der Waals surface area (Å²) in [4.78, 5) is 11.7. The summed E-state index contributed by atoms with van der Waals surface area (Å²) in [5.74, 6) is 2.59. The first-order chi connectivity index (χ1) is 11.3. The van der Waals surface area contributed by atoms with E-state index in [0.29, 0.717) is 22.6 Å². The summed E-state index contributed by atoms with van der Waals surface area (Å²) in [7, 11) is 0. The van der Waals surface area contributed by atoms with Crippen molar-refractivity contribution in [2.75, 3.05) is 5.32 Å². The zero-order valence-electron chi connectivity index (χ0n) is 13.9. The second kappa shape index (κ2) is 7.11. The smallest absolute Gasteiger partial charge is 0.242 e. The molecule has 6 nitrogen and oxygen atoms in total. The van der Waals surface area contributed by atoms with Crippen molar-refractivity contribution in [3.63, 3.8) is 0 Å². The largest absolute Gasteiger partial charge is 0.507 e. The van der Waals surface area contributed by atoms with Gasteiger partial charge in [-0.3, -0.25) is 4.79 Å². The van der Waals surface area contributed by atoms with Crippen LogP contribution in [0.5, 0.6) is 5.75 Å². The number of anilines is 1. The van der Waals surface area contributed by atoms with E-state index in [-0.39, 0.29) is 17.6 Å². The molecular weight excluding hydrogens is 304 g/mol. The number of hydrogen-bond donors (Lipinski definition) is 3. The normalized spacial score (nSPS) is 11.8. The lowest BCUT2D eigenvalue weighted by atomic mass is 9.96. The van der Waals surface area contributed by atoms with Crippen LogP contribution in [-0.2, 0) is 4.79 Å². The van der Waals surface area contributed by atoms with Gasteiger partial charge >= 0.3 is 0 Å². The Kier molecular flexibility index (Phi) is 5.17. The summed E-state index contributed by atoms with van der Waals surface area (Å²) in [5, 5.41) is 21.0. The average Bonchev–Trinajstić information content (AvgIpc) is 2.54. The minimum atomic E-state index is -0.644. The van der Waals surface area contributed by atoms with Crippen LogP contribution < -0.4 is 11.1 Å². The summed E-state index contributed by atoms with van der Waals surface area (Å²) in [5.41, 5.74) is 8.04. The first-order valence-electron chi connectivity index (χ1n) is 7.57. The quantitative estimate of drug-likeness (QED) is 0.749. The maximum atomic E-state index is 11.7. The third-order valence-corrected chi connectivity index (χ3v) is 3.53. The van der Waals surface area contributed by atoms with E-state index in [0.717, 1.165) is 5.56 Å². The number of terminal acetylenes is 1. The number of hydrogen-bond acceptors (Lipinski definition) is 5. The van der Waals surface area contributed by atoms with Crippen molar-refractivity contribution in [3.8, 4) is 29.4 Å². The fourth-order valence-corrected chi connectivity index (χ4v) is 2.18. The van der Waals surface area contributed by atoms with Gasteiger partial charge in [-0.05, 0) is 42.7 Å². The van der Waals surface area contributed by atoms with Crippen LogP contribution >= 0.6 is 0 Å². The minimum Gasteiger partial charge on any atom is -0.507 e. The lowest BCUT2D eigenvalue weighted by molar-refractivity contribution is -0.117. The molecule has 1 heterocycles. The van der Waals surface area contributed by atoms with E-state index >= 15 is 0 Å². The van der Waals surface area contributed by atoms with Crippen molar-refractivity contribution < 1.29 is 9.90 Å². The molecule has 0 bridgehead atoms. The monoisotopic (exact) mass is 324 g/mol. The summed E-state index contributed by atoms with van der Waals surface area (Å²) >= 11 is 0. The highest BCUT2D eigenvalue weighted by atomic mass is 16.3. The van der Waals surface area contributed by atoms with E-state index < -0.39 is 6.04 Å². The van der Waals surface area contributed by atoms with E-state index in [1.54, 1.807) is 25.1 Å². The number of aromatic hydroxyl groups is 1. The van der Waals surface area contributed by atoms with Gasteiger partial charge in [-0.15, -0.1) is 16.6 Å². The molecular formula is C18H20N4O2. The summed E-state index contributed by atoms with van der Waals surface area (Å²) in [6, 6.07) is 6.04. The van der Waals surface area contributed by atoms with Crippen LogP contribution in [0.15, 0.2) is 24.3 Å². The van der Waals surface area contributed by atoms with Gasteiger partial charge in [0.25, 0.3) is 0 Å². The highest BCUT2D eigenvalue weighted by Crippen LogP contribution is 2.34. The zero-order chi connectivity index (χ0) is 17.9. The molecule has 1 aromatic carbocycles. The molecule has 2 rings (SSSR count). The molecule has 0 saturated carbocycles. The molecule has 0 unspecified atom stereocenters. The van der Waals surface area contributed by atoms with E-state index in [9.17, 15) is 9.90 Å². The third-order valence-electron chi connectivity index (χ3n) is 3.53. The molecule has 1 amide bonds. The molecule has 0 aliphatic carbocycles. The number of nitrogens with two attached hydrogens (primary N) is 1. The Morgan fingerprint density at radius 3 is 2.54 bits per heavy atom. The Balaban J connectivity index is 2.48. The molecule has 1 atom stereocenters. The molecule has 0 aliphatic heterocycles. The van der Waals surface area contributed by atoms with Gasteiger partial charge < -0.3 is 16.2 Å². The van der Waals surface area contributed by atoms with Crippen molar-refractivity contribution in [1.82, 2.24) is 10.2 Å². The Bertz CT molecular complexity index is 807. The van der Waals surface area contributed by atoms with Crippen LogP contribution in [0.4, 0.5) is 5.82 Å². The van der Waals surface area contributed by atoms with Gasteiger partial charge in [0.2, 0.25) is 5.91 Å². The van der Waals surface area contributed by atoms with Crippen molar-refractivity contribution in [2.45, 2.75) is 32.7 Å². The zero-order valence-corrected chi connectivity index (χ0v) is 13.9. The molecule has 4 N–H and O–H groups in total. The second-order valence-corrected chi connectivity index (χ2v) is 5.84. The number of phenolic OH excluding ortho intramolecular Hbond substituents is 1. The standard InChI is InChI=1S/C18H20N4O2/c1-5-12-6-7-13(15(23)8-12)17-14(10(2)3)9-16(21-22-17)20-18(24)11(4)19/h1,6-11,23H,19H2,2-4H3,(H,20,21,24)/t11-/m1/s1. The fraction of sp³-hybridized carbons (Fsp3) is 0.278. The topological polar surface area (TPSA) is 101 Å². The van der Waals surface area contributed by atoms with Crippen molar-refractivity contribution in [2.24, 2.45) is 5.73 Å². The first-order valence-corrected chi connectivity index (χ1v) is 7.57. The molecule has 0 radical (unpaired) electrons. The Labute approximate surface area is 141 Å². The average molecular weight is 324 g/mol. The van der Waals surface area contributed by atoms with Crippen LogP contribution in [0, 0.1) is 12.3 Å². The van der Waals surface area contributed by atoms with Gasteiger partial charge in [0.1, 0.15) is 11.4 Å². The molecule has 0 aliphatic rings. The number of carbonyl (C=O) groups is 1. The van der Waals surface area contributed by atoms with Crippen molar-refractivity contribution in [1.29, 1.82) is 0 Å². The van der Waals surface area contributed by atoms with Gasteiger partial charge in [0.15, 0.2) is 5.82 Å². The molecule has 0 spiro atoms. The van der Waals surface area contributed by atoms with Gasteiger partial charge in [0.05, 0.1) is 6.04 Å². The molecule has 2 aromatic rings. The lowest BCUT2D eigenvalue weighted by Crippen LogP contribution is -2.32. The Morgan fingerprint density at radius 2 is 2.00 bits per heavy atom. The number of carbonyl (C=O) groups excluding carboxylic acids is 1. The van der Waals surface area contributed by atoms with E-state index in [1.165, 1.54) is 6.07 Å². The molecule has 124 valence electrons. The number of phenols is 1. The maximum absolute atomic E-state index is 11.7. The van der Waals surface area contributed by atoms with Crippen molar-refractivity contribution in [3.05, 3.63) is 35.4 Å². The van der Waals surface area contributed by atoms with Gasteiger partial charge in [0, 0.05) is 11.1 Å². The van der Waals surface area contributed by atoms with Gasteiger partial charge in [-0.2, -0.15) is 0 Å². The summed E-state index contributed by atoms with van der Waals surface area (Å²) in [6.07, 6.45) is 5.34. The lowest BCUT2D eigenvalue weighted by Gasteiger charge is -2.15. The first kappa shape index (κ1) is 17.4. The highest BCUT2D eigenvalue weighted by molar-refractivity contribution is 5.93. The minimum absolute atomic E-state index is 0.0361. The molecule has 0 saturated heterocycles. The van der Waals surface area contributed by atoms with E-state index in [4.69, 9.17) is 12.2 Å². The summed E-state index contributed by atoms with van der Waals surface area (Å²) < 4.78 is 0. The Hall–Kier alpha value is -2.91. The van der Waals surface area contributed by atoms with Crippen molar-refractivity contribution >= 4 is 11.7 Å². The SMILES string of the molecule is C#Cc1ccc(-c2nnc(NC(=O)[C@@H](C)N)cc2C(C)C)c(O)c1. The summed E-state index contributed by atoms with van der Waals surface area (Å²) in [6.45, 7) is 5.57. The number of aromatic nitrogens is 2. The van der Waals surface area contributed by atoms with E-state index in [2.05, 4.69) is 21.4 Å². The Morgan fingerprint density at radius 1 is 1.29 bits per heavy atom. The van der Waals surface area contributed by atoms with Crippen LogP contribution in [-0.4, -0.2) is 27.3 Å². The molecule has 24 heavy (non-hydrogen) atoms. The third kappa shape index (κ3) is 3.70. The van der Waals surface area contributed by atoms with Crippen LogP contribution in [0.1, 0.15) is 37.8 Å². The molecule has 1 aromatic heterocycles. The van der Waals surface area contributed by atoms with Crippen LogP contribution in [0.3, 0.4) is 0 Å². The number of nitrogens with one attached hydrogen (secondary N) is 1. The number of amides is 1. The fourth-order valence-electron chi connectivity index (χ4n) is 2.18. The van der Waals surface area contributed by atoms with Crippen LogP contribution in [0.25, 0.3) is 11.3 Å². The molecule has 6 heteroatoms. The number of rotatable bonds is 4. The number of nitrogens with zero attached hydrogens (tertiary/aromatic N) is 2. The van der Waals surface area contributed by atoms with Gasteiger partial charge in [-0.1, -0.05) is 19.8 Å². The molecule has 0 fully saturated rings. The predicted molar refractivity (Wildman–Crippen MR) is 93.4 cm³/mol. The van der Waals surface area contributed by atoms with Gasteiger partial charge in [-0.25, -0.2) is 0 Å².